The summed E-state index contributed by atoms with van der Waals surface area (Å²) in [6.45, 7) is 6.09. The van der Waals surface area contributed by atoms with E-state index in [-0.39, 0.29) is 41.6 Å². The molecular weight excluding hydrogens is 1110 g/mol. The molecular formula is C55H61N17O5S4. The molecule has 26 heteroatoms. The fourth-order valence-corrected chi connectivity index (χ4v) is 12.7. The highest BCUT2D eigenvalue weighted by atomic mass is 32.2. The Morgan fingerprint density at radius 1 is 0.642 bits per heavy atom. The standard InChI is InChI=1S/C19H20N6O2S.C18H20N6OS2.C18H21N5O2S/c1-12(26)25-7-3-6-16(25)18(27)23-14-5-2-4-13(8-14)10-28-19-15-9-22-24-17(15)20-11-21-19;1-24-11-26-6-5-15(24)17(25)22-13-4-2-3-12(7-13)9-27-18-14-8-21-23-16(14)19-10-20-18;1-11(2)6-15(24)17(25)22-13-5-3-4-12(7-13)9-26-18-14-8-21-23-16(14)19-10-20-18/h2,4-5,8-9,11,16H,3,6-7,10H2,1H3,(H,23,27)(H,20,21,22,24);2-4,7-8,10,15H,5-6,9,11H2,1H3,(H,22,25)(H,19,20,21,23);3-5,7-8,10-11,15,24H,6,9H2,1-2H3,(H,22,25)(H,19,20,21,23). The minimum Gasteiger partial charge on any atom is -0.383 e. The Balaban J connectivity index is 0.000000147. The molecule has 0 aliphatic carbocycles. The zero-order valence-corrected chi connectivity index (χ0v) is 48.2. The summed E-state index contributed by atoms with van der Waals surface area (Å²) in [6.07, 6.45) is 11.6. The van der Waals surface area contributed by atoms with Crippen molar-refractivity contribution in [3.05, 3.63) is 127 Å². The Morgan fingerprint density at radius 3 is 1.52 bits per heavy atom. The summed E-state index contributed by atoms with van der Waals surface area (Å²) in [5, 5.41) is 44.5. The molecule has 420 valence electrons. The lowest BCUT2D eigenvalue weighted by Gasteiger charge is -2.30. The van der Waals surface area contributed by atoms with E-state index >= 15 is 0 Å². The van der Waals surface area contributed by atoms with Gasteiger partial charge in [-0.3, -0.25) is 39.4 Å². The molecule has 11 rings (SSSR count). The molecule has 0 bridgehead atoms. The van der Waals surface area contributed by atoms with Crippen molar-refractivity contribution in [2.24, 2.45) is 5.92 Å². The number of nitrogens with one attached hydrogen (secondary N) is 6. The number of hydrogen-bond acceptors (Lipinski definition) is 19. The number of aliphatic hydroxyl groups excluding tert-OH is 1. The SMILES string of the molecule is CC(=O)N1CCCC1C(=O)Nc1cccc(CSc2ncnc3[nH]ncc23)c1.CC(C)CC(O)C(=O)Nc1cccc(CSc2ncnc3[nH]ncc23)c1.CN1CSCCC1C(=O)Nc1cccc(CSc2ncnc3[nH]ncc23)c1. The van der Waals surface area contributed by atoms with Crippen LogP contribution in [-0.2, 0) is 36.4 Å². The van der Waals surface area contributed by atoms with Crippen molar-refractivity contribution in [2.45, 2.75) is 97.0 Å². The number of fused-ring (bicyclic) bond motifs is 3. The van der Waals surface area contributed by atoms with Gasteiger partial charge in [0.05, 0.1) is 40.8 Å². The number of nitrogens with zero attached hydrogens (tertiary/aromatic N) is 11. The molecule has 0 saturated carbocycles. The van der Waals surface area contributed by atoms with Crippen molar-refractivity contribution in [1.82, 2.24) is 70.3 Å². The lowest BCUT2D eigenvalue weighted by Crippen LogP contribution is -2.44. The first kappa shape index (κ1) is 58.2. The third-order valence-electron chi connectivity index (χ3n) is 13.0. The molecule has 2 fully saturated rings. The summed E-state index contributed by atoms with van der Waals surface area (Å²) >= 11 is 6.66. The van der Waals surface area contributed by atoms with Crippen LogP contribution < -0.4 is 16.0 Å². The summed E-state index contributed by atoms with van der Waals surface area (Å²) in [5.74, 6) is 3.83. The number of amides is 4. The summed E-state index contributed by atoms with van der Waals surface area (Å²) in [5.41, 5.74) is 7.63. The Labute approximate surface area is 483 Å². The fraction of sp³-hybridized carbons (Fsp3) is 0.327. The molecule has 2 saturated heterocycles. The highest BCUT2D eigenvalue weighted by Gasteiger charge is 2.32. The number of aliphatic hydroxyl groups is 1. The molecule has 3 aromatic carbocycles. The molecule has 2 aliphatic rings. The smallest absolute Gasteiger partial charge is 0.253 e. The first-order valence-electron chi connectivity index (χ1n) is 26.1. The number of likely N-dealkylation sites (N-methyl/N-ethyl adjacent to an activating group) is 1. The molecule has 4 amide bonds. The van der Waals surface area contributed by atoms with Gasteiger partial charge in [0.2, 0.25) is 17.7 Å². The van der Waals surface area contributed by atoms with Crippen LogP contribution in [0, 0.1) is 5.92 Å². The predicted molar refractivity (Wildman–Crippen MR) is 318 cm³/mol. The van der Waals surface area contributed by atoms with E-state index in [4.69, 9.17) is 0 Å². The summed E-state index contributed by atoms with van der Waals surface area (Å²) in [4.78, 5) is 78.1. The van der Waals surface area contributed by atoms with Crippen LogP contribution in [-0.4, -0.2) is 142 Å². The van der Waals surface area contributed by atoms with Crippen LogP contribution in [0.3, 0.4) is 0 Å². The van der Waals surface area contributed by atoms with E-state index in [0.29, 0.717) is 47.9 Å². The Bertz CT molecular complexity index is 3600. The van der Waals surface area contributed by atoms with Crippen LogP contribution in [0.1, 0.15) is 63.1 Å². The van der Waals surface area contributed by atoms with Crippen molar-refractivity contribution in [3.8, 4) is 0 Å². The molecule has 22 nitrogen and oxygen atoms in total. The number of anilines is 3. The van der Waals surface area contributed by atoms with Crippen molar-refractivity contribution in [1.29, 1.82) is 0 Å². The van der Waals surface area contributed by atoms with Crippen LogP contribution in [0.15, 0.2) is 125 Å². The first-order chi connectivity index (χ1) is 39.3. The first-order valence-corrected chi connectivity index (χ1v) is 30.2. The van der Waals surface area contributed by atoms with E-state index in [9.17, 15) is 24.3 Å². The Morgan fingerprint density at radius 2 is 1.09 bits per heavy atom. The molecule has 7 N–H and O–H groups in total. The number of H-pyrrole nitrogens is 3. The number of aromatic amines is 3. The van der Waals surface area contributed by atoms with E-state index in [1.807, 2.05) is 99.4 Å². The minimum absolute atomic E-state index is 0.0559. The van der Waals surface area contributed by atoms with Gasteiger partial charge in [0.25, 0.3) is 5.91 Å². The predicted octanol–water partition coefficient (Wildman–Crippen LogP) is 8.56. The number of carbonyl (C=O) groups excluding carboxylic acids is 4. The lowest BCUT2D eigenvalue weighted by molar-refractivity contribution is -0.134. The molecule has 3 atom stereocenters. The zero-order valence-electron chi connectivity index (χ0n) is 44.9. The van der Waals surface area contributed by atoms with E-state index in [0.717, 1.165) is 95.2 Å². The molecule has 81 heavy (non-hydrogen) atoms. The summed E-state index contributed by atoms with van der Waals surface area (Å²) < 4.78 is 0. The molecule has 9 aromatic rings. The van der Waals surface area contributed by atoms with E-state index in [2.05, 4.69) is 87.4 Å². The number of rotatable bonds is 17. The second kappa shape index (κ2) is 28.3. The number of aromatic nitrogens is 12. The van der Waals surface area contributed by atoms with Crippen LogP contribution in [0.5, 0.6) is 0 Å². The van der Waals surface area contributed by atoms with Gasteiger partial charge in [-0.25, -0.2) is 29.9 Å². The van der Waals surface area contributed by atoms with Crippen LogP contribution in [0.25, 0.3) is 33.1 Å². The van der Waals surface area contributed by atoms with Crippen molar-refractivity contribution >= 4 is 121 Å². The number of carbonyl (C=O) groups is 4. The third kappa shape index (κ3) is 15.9. The summed E-state index contributed by atoms with van der Waals surface area (Å²) in [6, 6.07) is 22.9. The van der Waals surface area contributed by atoms with Gasteiger partial charge in [0.1, 0.15) is 46.2 Å². The van der Waals surface area contributed by atoms with Gasteiger partial charge in [-0.1, -0.05) is 50.2 Å². The van der Waals surface area contributed by atoms with Gasteiger partial charge < -0.3 is 26.0 Å². The van der Waals surface area contributed by atoms with Crippen molar-refractivity contribution < 1.29 is 24.3 Å². The maximum absolute atomic E-state index is 12.6. The largest absolute Gasteiger partial charge is 0.383 e. The Hall–Kier alpha value is -7.49. The molecule has 0 radical (unpaired) electrons. The van der Waals surface area contributed by atoms with Crippen molar-refractivity contribution in [3.63, 3.8) is 0 Å². The normalized spacial score (nSPS) is 15.7. The lowest BCUT2D eigenvalue weighted by atomic mass is 10.1. The maximum atomic E-state index is 12.6. The monoisotopic (exact) mass is 1170 g/mol. The molecule has 8 heterocycles. The number of benzene rings is 3. The molecule has 0 spiro atoms. The van der Waals surface area contributed by atoms with Crippen LogP contribution >= 0.6 is 47.0 Å². The van der Waals surface area contributed by atoms with Crippen molar-refractivity contribution in [2.75, 3.05) is 41.2 Å². The second-order valence-electron chi connectivity index (χ2n) is 19.5. The number of hydrogen-bond donors (Lipinski definition) is 7. The molecule has 6 aromatic heterocycles. The highest BCUT2D eigenvalue weighted by Crippen LogP contribution is 2.31. The zero-order chi connectivity index (χ0) is 56.7. The minimum atomic E-state index is -0.997. The van der Waals surface area contributed by atoms with E-state index in [1.54, 1.807) is 65.1 Å². The van der Waals surface area contributed by atoms with E-state index in [1.165, 1.54) is 19.6 Å². The Kier molecular flexibility index (Phi) is 20.3. The van der Waals surface area contributed by atoms with E-state index < -0.39 is 6.10 Å². The van der Waals surface area contributed by atoms with Gasteiger partial charge in [0.15, 0.2) is 16.9 Å². The average molecular weight is 1170 g/mol. The highest BCUT2D eigenvalue weighted by molar-refractivity contribution is 7.99. The average Bonchev–Trinajstić information content (AvgIpc) is 4.41. The van der Waals surface area contributed by atoms with Gasteiger partial charge in [-0.2, -0.15) is 15.3 Å². The second-order valence-corrected chi connectivity index (χ2v) is 23.4. The van der Waals surface area contributed by atoms with Crippen LogP contribution in [0.4, 0.5) is 17.1 Å². The molecule has 2 aliphatic heterocycles. The quantitative estimate of drug-likeness (QED) is 0.0332. The van der Waals surface area contributed by atoms with Gasteiger partial charge in [0, 0.05) is 53.7 Å². The van der Waals surface area contributed by atoms with Gasteiger partial charge in [-0.15, -0.1) is 47.0 Å². The van der Waals surface area contributed by atoms with Gasteiger partial charge in [-0.05, 0) is 97.5 Å². The maximum Gasteiger partial charge on any atom is 0.253 e. The number of thioether (sulfide) groups is 4. The third-order valence-corrected chi connectivity index (χ3v) is 17.3. The topological polar surface area (TPSA) is 294 Å². The molecule has 3 unspecified atom stereocenters. The number of likely N-dealkylation sites (tertiary alicyclic amines) is 1. The van der Waals surface area contributed by atoms with Gasteiger partial charge >= 0.3 is 0 Å². The fourth-order valence-electron chi connectivity index (χ4n) is 8.94. The summed E-state index contributed by atoms with van der Waals surface area (Å²) in [7, 11) is 2.00. The van der Waals surface area contributed by atoms with Crippen LogP contribution in [0.2, 0.25) is 0 Å².